The highest BCUT2D eigenvalue weighted by Gasteiger charge is 2.07. The zero-order valence-corrected chi connectivity index (χ0v) is 13.5. The maximum Gasteiger partial charge on any atom is 0.134 e. The van der Waals surface area contributed by atoms with Crippen molar-refractivity contribution in [1.82, 2.24) is 0 Å². The molecule has 2 nitrogen and oxygen atoms in total. The van der Waals surface area contributed by atoms with Gasteiger partial charge in [-0.2, -0.15) is 0 Å². The van der Waals surface area contributed by atoms with Crippen LogP contribution in [0.25, 0.3) is 10.8 Å². The highest BCUT2D eigenvalue weighted by Crippen LogP contribution is 2.33. The number of benzene rings is 3. The smallest absolute Gasteiger partial charge is 0.134 e. The number of anilines is 1. The Kier molecular flexibility index (Phi) is 4.04. The fourth-order valence-corrected chi connectivity index (χ4v) is 2.98. The molecule has 0 heterocycles. The van der Waals surface area contributed by atoms with Crippen LogP contribution in [0.2, 0.25) is 5.02 Å². The molecule has 0 saturated carbocycles. The summed E-state index contributed by atoms with van der Waals surface area (Å²) in [7, 11) is 0. The van der Waals surface area contributed by atoms with Gasteiger partial charge in [0.1, 0.15) is 12.4 Å². The van der Waals surface area contributed by atoms with Crippen LogP contribution in [0.1, 0.15) is 5.56 Å². The molecule has 106 valence electrons. The average molecular weight is 363 g/mol. The largest absolute Gasteiger partial charge is 0.488 e. The molecule has 3 aromatic carbocycles. The van der Waals surface area contributed by atoms with E-state index in [-0.39, 0.29) is 0 Å². The quantitative estimate of drug-likeness (QED) is 0.632. The van der Waals surface area contributed by atoms with Gasteiger partial charge in [0.15, 0.2) is 0 Å². The van der Waals surface area contributed by atoms with Crippen molar-refractivity contribution in [2.24, 2.45) is 0 Å². The van der Waals surface area contributed by atoms with Gasteiger partial charge in [0.2, 0.25) is 0 Å². The molecule has 0 radical (unpaired) electrons. The van der Waals surface area contributed by atoms with Gasteiger partial charge in [-0.05, 0) is 51.0 Å². The molecule has 3 aromatic rings. The number of fused-ring (bicyclic) bond motifs is 1. The molecule has 0 atom stereocenters. The van der Waals surface area contributed by atoms with E-state index in [1.165, 1.54) is 5.39 Å². The van der Waals surface area contributed by atoms with Gasteiger partial charge >= 0.3 is 0 Å². The molecule has 0 unspecified atom stereocenters. The molecular weight excluding hydrogens is 350 g/mol. The van der Waals surface area contributed by atoms with Gasteiger partial charge in [-0.1, -0.05) is 41.9 Å². The number of hydrogen-bond donors (Lipinski definition) is 1. The molecule has 0 fully saturated rings. The lowest BCUT2D eigenvalue weighted by Crippen LogP contribution is -2.00. The molecule has 4 heteroatoms. The van der Waals surface area contributed by atoms with Crippen molar-refractivity contribution in [3.8, 4) is 5.75 Å². The van der Waals surface area contributed by atoms with Crippen LogP contribution in [0.3, 0.4) is 0 Å². The van der Waals surface area contributed by atoms with E-state index in [4.69, 9.17) is 22.1 Å². The predicted octanol–water partition coefficient (Wildman–Crippen LogP) is 5.42. The van der Waals surface area contributed by atoms with Crippen molar-refractivity contribution in [2.45, 2.75) is 6.61 Å². The Labute approximate surface area is 136 Å². The summed E-state index contributed by atoms with van der Waals surface area (Å²) in [4.78, 5) is 0. The van der Waals surface area contributed by atoms with Crippen LogP contribution < -0.4 is 10.5 Å². The molecule has 3 rings (SSSR count). The van der Waals surface area contributed by atoms with Crippen molar-refractivity contribution < 1.29 is 4.74 Å². The molecule has 2 N–H and O–H groups in total. The van der Waals surface area contributed by atoms with Gasteiger partial charge in [0, 0.05) is 16.3 Å². The van der Waals surface area contributed by atoms with E-state index in [1.54, 1.807) is 12.1 Å². The number of nitrogen functional groups attached to an aromatic ring is 1. The molecule has 0 aliphatic carbocycles. The normalized spacial score (nSPS) is 10.8. The third-order valence-electron chi connectivity index (χ3n) is 3.32. The van der Waals surface area contributed by atoms with E-state index in [9.17, 15) is 0 Å². The molecule has 0 saturated heterocycles. The van der Waals surface area contributed by atoms with E-state index in [1.807, 2.05) is 30.3 Å². The Morgan fingerprint density at radius 3 is 2.71 bits per heavy atom. The van der Waals surface area contributed by atoms with E-state index in [0.717, 1.165) is 21.2 Å². The minimum atomic E-state index is 0.378. The molecule has 21 heavy (non-hydrogen) atoms. The van der Waals surface area contributed by atoms with Crippen molar-refractivity contribution >= 4 is 44.0 Å². The topological polar surface area (TPSA) is 35.2 Å². The Bertz CT molecular complexity index is 804. The third kappa shape index (κ3) is 2.99. The van der Waals surface area contributed by atoms with Crippen LogP contribution >= 0.6 is 27.5 Å². The molecule has 0 amide bonds. The van der Waals surface area contributed by atoms with Crippen molar-refractivity contribution in [1.29, 1.82) is 0 Å². The highest BCUT2D eigenvalue weighted by atomic mass is 79.9. The van der Waals surface area contributed by atoms with E-state index >= 15 is 0 Å². The lowest BCUT2D eigenvalue weighted by atomic mass is 10.1. The van der Waals surface area contributed by atoms with Gasteiger partial charge in [-0.15, -0.1) is 0 Å². The summed E-state index contributed by atoms with van der Waals surface area (Å²) < 4.78 is 6.83. The maximum atomic E-state index is 5.99. The summed E-state index contributed by atoms with van der Waals surface area (Å²) in [6.07, 6.45) is 0. The second-order valence-electron chi connectivity index (χ2n) is 4.73. The molecule has 0 bridgehead atoms. The fraction of sp³-hybridized carbons (Fsp3) is 0.0588. The Hall–Kier alpha value is -1.71. The molecule has 0 spiro atoms. The first-order valence-electron chi connectivity index (χ1n) is 6.49. The molecule has 0 aliphatic rings. The van der Waals surface area contributed by atoms with Gasteiger partial charge in [-0.25, -0.2) is 0 Å². The fourth-order valence-electron chi connectivity index (χ4n) is 2.18. The lowest BCUT2D eigenvalue weighted by Gasteiger charge is -2.12. The highest BCUT2D eigenvalue weighted by molar-refractivity contribution is 9.10. The van der Waals surface area contributed by atoms with Gasteiger partial charge < -0.3 is 10.5 Å². The van der Waals surface area contributed by atoms with Crippen LogP contribution in [0, 0.1) is 0 Å². The minimum Gasteiger partial charge on any atom is -0.488 e. The summed E-state index contributed by atoms with van der Waals surface area (Å²) in [5.74, 6) is 0.785. The summed E-state index contributed by atoms with van der Waals surface area (Å²) in [6.45, 7) is 0.378. The zero-order valence-electron chi connectivity index (χ0n) is 11.1. The second kappa shape index (κ2) is 5.96. The zero-order chi connectivity index (χ0) is 14.8. The SMILES string of the molecule is Nc1ccc(Cl)cc1COc1ccc2ccccc2c1Br. The van der Waals surface area contributed by atoms with Crippen LogP contribution in [0.15, 0.2) is 59.1 Å². The third-order valence-corrected chi connectivity index (χ3v) is 4.37. The van der Waals surface area contributed by atoms with Gasteiger partial charge in [-0.3, -0.25) is 0 Å². The summed E-state index contributed by atoms with van der Waals surface area (Å²) >= 11 is 9.59. The van der Waals surface area contributed by atoms with Gasteiger partial charge in [0.05, 0.1) is 4.47 Å². The number of ether oxygens (including phenoxy) is 1. The van der Waals surface area contributed by atoms with Crippen LogP contribution in [-0.2, 0) is 6.61 Å². The average Bonchev–Trinajstić information content (AvgIpc) is 2.50. The van der Waals surface area contributed by atoms with Crippen molar-refractivity contribution in [3.05, 3.63) is 69.7 Å². The van der Waals surface area contributed by atoms with Crippen LogP contribution in [0.4, 0.5) is 5.69 Å². The Balaban J connectivity index is 1.88. The first kappa shape index (κ1) is 14.2. The first-order chi connectivity index (χ1) is 10.1. The Morgan fingerprint density at radius 2 is 1.86 bits per heavy atom. The van der Waals surface area contributed by atoms with E-state index in [2.05, 4.69) is 28.1 Å². The Morgan fingerprint density at radius 1 is 1.05 bits per heavy atom. The number of rotatable bonds is 3. The number of nitrogens with two attached hydrogens (primary N) is 1. The standard InChI is InChI=1S/C17H13BrClNO/c18-17-14-4-2-1-3-11(14)5-8-16(17)21-10-12-9-13(19)6-7-15(12)20/h1-9H,10,20H2. The minimum absolute atomic E-state index is 0.378. The van der Waals surface area contributed by atoms with E-state index < -0.39 is 0 Å². The summed E-state index contributed by atoms with van der Waals surface area (Å²) in [6, 6.07) is 17.5. The monoisotopic (exact) mass is 361 g/mol. The lowest BCUT2D eigenvalue weighted by molar-refractivity contribution is 0.305. The number of hydrogen-bond acceptors (Lipinski definition) is 2. The molecular formula is C17H13BrClNO. The van der Waals surface area contributed by atoms with Crippen molar-refractivity contribution in [2.75, 3.05) is 5.73 Å². The maximum absolute atomic E-state index is 5.99. The first-order valence-corrected chi connectivity index (χ1v) is 7.66. The summed E-state index contributed by atoms with van der Waals surface area (Å²) in [5.41, 5.74) is 7.49. The number of halogens is 2. The molecule has 0 aromatic heterocycles. The van der Waals surface area contributed by atoms with E-state index in [0.29, 0.717) is 17.3 Å². The van der Waals surface area contributed by atoms with Crippen LogP contribution in [0.5, 0.6) is 5.75 Å². The second-order valence-corrected chi connectivity index (χ2v) is 5.96. The van der Waals surface area contributed by atoms with Crippen LogP contribution in [-0.4, -0.2) is 0 Å². The summed E-state index contributed by atoms with van der Waals surface area (Å²) in [5, 5.41) is 2.94. The molecule has 0 aliphatic heterocycles. The van der Waals surface area contributed by atoms with Crippen molar-refractivity contribution in [3.63, 3.8) is 0 Å². The predicted molar refractivity (Wildman–Crippen MR) is 91.8 cm³/mol. The van der Waals surface area contributed by atoms with Gasteiger partial charge in [0.25, 0.3) is 0 Å².